The van der Waals surface area contributed by atoms with Crippen LogP contribution in [0.5, 0.6) is 0 Å². The highest BCUT2D eigenvalue weighted by atomic mass is 35.5. The molecule has 1 aromatic rings. The van der Waals surface area contributed by atoms with Crippen molar-refractivity contribution in [2.24, 2.45) is 0 Å². The minimum Gasteiger partial charge on any atom is -0.395 e. The summed E-state index contributed by atoms with van der Waals surface area (Å²) in [6.07, 6.45) is 0.226. The molecule has 94 valence electrons. The number of aliphatic hydroxyl groups is 1. The second-order valence-electron chi connectivity index (χ2n) is 3.61. The maximum Gasteiger partial charge on any atom is 0.227 e. The van der Waals surface area contributed by atoms with E-state index in [1.54, 1.807) is 23.1 Å². The van der Waals surface area contributed by atoms with E-state index in [0.717, 1.165) is 5.56 Å². The average molecular weight is 276 g/mol. The van der Waals surface area contributed by atoms with Gasteiger partial charge in [0.1, 0.15) is 0 Å². The Bertz CT molecular complexity index is 396. The van der Waals surface area contributed by atoms with E-state index in [2.05, 4.69) is 0 Å². The molecule has 0 unspecified atom stereocenters. The van der Waals surface area contributed by atoms with E-state index in [4.69, 9.17) is 28.3 Å². The van der Waals surface area contributed by atoms with E-state index < -0.39 is 0 Å². The summed E-state index contributed by atoms with van der Waals surface area (Å²) in [6.45, 7) is 2.76. The monoisotopic (exact) mass is 275 g/mol. The van der Waals surface area contributed by atoms with Gasteiger partial charge in [-0.2, -0.15) is 0 Å². The highest BCUT2D eigenvalue weighted by Crippen LogP contribution is 2.21. The summed E-state index contributed by atoms with van der Waals surface area (Å²) in [7, 11) is 0. The predicted molar refractivity (Wildman–Crippen MR) is 69.5 cm³/mol. The molecule has 0 aliphatic rings. The standard InChI is InChI=1S/C12H15Cl2NO2/c1-2-15(5-6-16)12(17)7-9-3-4-10(13)8-11(9)14/h3-4,8,16H,2,5-7H2,1H3. The maximum absolute atomic E-state index is 11.9. The van der Waals surface area contributed by atoms with Crippen molar-refractivity contribution in [3.8, 4) is 0 Å². The Morgan fingerprint density at radius 2 is 2.12 bits per heavy atom. The SMILES string of the molecule is CCN(CCO)C(=O)Cc1ccc(Cl)cc1Cl. The first-order valence-corrected chi connectivity index (χ1v) is 6.16. The fraction of sp³-hybridized carbons (Fsp3) is 0.417. The highest BCUT2D eigenvalue weighted by Gasteiger charge is 2.13. The summed E-state index contributed by atoms with van der Waals surface area (Å²) >= 11 is 11.8. The Morgan fingerprint density at radius 1 is 1.41 bits per heavy atom. The molecule has 0 aliphatic heterocycles. The Hall–Kier alpha value is -0.770. The second kappa shape index (κ2) is 6.84. The third-order valence-electron chi connectivity index (χ3n) is 2.46. The molecule has 3 nitrogen and oxygen atoms in total. The van der Waals surface area contributed by atoms with Crippen LogP contribution in [0, 0.1) is 0 Å². The van der Waals surface area contributed by atoms with Crippen LogP contribution in [0.15, 0.2) is 18.2 Å². The number of carbonyl (C=O) groups is 1. The number of hydrogen-bond acceptors (Lipinski definition) is 2. The quantitative estimate of drug-likeness (QED) is 0.897. The minimum absolute atomic E-state index is 0.0338. The lowest BCUT2D eigenvalue weighted by molar-refractivity contribution is -0.130. The zero-order valence-electron chi connectivity index (χ0n) is 9.62. The van der Waals surface area contributed by atoms with Gasteiger partial charge in [-0.25, -0.2) is 0 Å². The average Bonchev–Trinajstić information content (AvgIpc) is 2.29. The topological polar surface area (TPSA) is 40.5 Å². The van der Waals surface area contributed by atoms with E-state index in [1.165, 1.54) is 0 Å². The number of rotatable bonds is 5. The van der Waals surface area contributed by atoms with E-state index in [-0.39, 0.29) is 18.9 Å². The summed E-state index contributed by atoms with van der Waals surface area (Å²) in [4.78, 5) is 13.5. The Balaban J connectivity index is 2.73. The van der Waals surface area contributed by atoms with Crippen LogP contribution in [0.1, 0.15) is 12.5 Å². The predicted octanol–water partition coefficient (Wildman–Crippen LogP) is 2.38. The van der Waals surface area contributed by atoms with Gasteiger partial charge in [-0.05, 0) is 24.6 Å². The molecular weight excluding hydrogens is 261 g/mol. The number of halogens is 2. The van der Waals surface area contributed by atoms with Gasteiger partial charge in [-0.1, -0.05) is 29.3 Å². The van der Waals surface area contributed by atoms with Crippen molar-refractivity contribution in [2.45, 2.75) is 13.3 Å². The third-order valence-corrected chi connectivity index (χ3v) is 3.05. The Kier molecular flexibility index (Phi) is 5.75. The van der Waals surface area contributed by atoms with Crippen LogP contribution in [-0.2, 0) is 11.2 Å². The molecule has 0 heterocycles. The van der Waals surface area contributed by atoms with Gasteiger partial charge in [-0.3, -0.25) is 4.79 Å². The number of likely N-dealkylation sites (N-methyl/N-ethyl adjacent to an activating group) is 1. The first-order valence-electron chi connectivity index (χ1n) is 5.41. The molecule has 1 N–H and O–H groups in total. The molecule has 1 aromatic carbocycles. The van der Waals surface area contributed by atoms with Crippen LogP contribution < -0.4 is 0 Å². The van der Waals surface area contributed by atoms with E-state index in [0.29, 0.717) is 23.1 Å². The van der Waals surface area contributed by atoms with Crippen LogP contribution in [0.25, 0.3) is 0 Å². The van der Waals surface area contributed by atoms with Crippen molar-refractivity contribution >= 4 is 29.1 Å². The van der Waals surface area contributed by atoms with Crippen molar-refractivity contribution < 1.29 is 9.90 Å². The lowest BCUT2D eigenvalue weighted by Gasteiger charge is -2.19. The zero-order valence-corrected chi connectivity index (χ0v) is 11.1. The third kappa shape index (κ3) is 4.19. The molecule has 0 radical (unpaired) electrons. The van der Waals surface area contributed by atoms with Crippen LogP contribution in [0.3, 0.4) is 0 Å². The molecule has 17 heavy (non-hydrogen) atoms. The molecule has 1 rings (SSSR count). The molecule has 0 bridgehead atoms. The Labute approximate surface area is 111 Å². The van der Waals surface area contributed by atoms with Gasteiger partial charge in [0.15, 0.2) is 0 Å². The van der Waals surface area contributed by atoms with Gasteiger partial charge < -0.3 is 10.0 Å². The number of benzene rings is 1. The molecule has 1 amide bonds. The van der Waals surface area contributed by atoms with Crippen molar-refractivity contribution in [3.05, 3.63) is 33.8 Å². The largest absolute Gasteiger partial charge is 0.395 e. The molecular formula is C12H15Cl2NO2. The van der Waals surface area contributed by atoms with Crippen molar-refractivity contribution in [1.82, 2.24) is 4.90 Å². The molecule has 0 aliphatic carbocycles. The second-order valence-corrected chi connectivity index (χ2v) is 4.45. The normalized spacial score (nSPS) is 10.4. The number of aliphatic hydroxyl groups excluding tert-OH is 1. The van der Waals surface area contributed by atoms with Crippen LogP contribution in [0.2, 0.25) is 10.0 Å². The van der Waals surface area contributed by atoms with Gasteiger partial charge in [0.25, 0.3) is 0 Å². The van der Waals surface area contributed by atoms with Gasteiger partial charge in [0, 0.05) is 23.1 Å². The van der Waals surface area contributed by atoms with E-state index in [9.17, 15) is 4.79 Å². The highest BCUT2D eigenvalue weighted by molar-refractivity contribution is 6.35. The molecule has 0 atom stereocenters. The molecule has 0 saturated heterocycles. The fourth-order valence-electron chi connectivity index (χ4n) is 1.52. The molecule has 0 saturated carbocycles. The van der Waals surface area contributed by atoms with Gasteiger partial charge in [0.05, 0.1) is 13.0 Å². The van der Waals surface area contributed by atoms with E-state index in [1.807, 2.05) is 6.92 Å². The van der Waals surface area contributed by atoms with Crippen LogP contribution in [-0.4, -0.2) is 35.6 Å². The molecule has 0 aromatic heterocycles. The summed E-state index contributed by atoms with van der Waals surface area (Å²) < 4.78 is 0. The fourth-order valence-corrected chi connectivity index (χ4v) is 1.99. The summed E-state index contributed by atoms with van der Waals surface area (Å²) in [5.74, 6) is -0.0502. The van der Waals surface area contributed by atoms with Crippen molar-refractivity contribution in [2.75, 3.05) is 19.7 Å². The zero-order chi connectivity index (χ0) is 12.8. The summed E-state index contributed by atoms with van der Waals surface area (Å²) in [5, 5.41) is 9.88. The van der Waals surface area contributed by atoms with Gasteiger partial charge >= 0.3 is 0 Å². The van der Waals surface area contributed by atoms with Gasteiger partial charge in [0.2, 0.25) is 5.91 Å². The van der Waals surface area contributed by atoms with Crippen LogP contribution >= 0.6 is 23.2 Å². The van der Waals surface area contributed by atoms with Crippen molar-refractivity contribution in [1.29, 1.82) is 0 Å². The number of carbonyl (C=O) groups excluding carboxylic acids is 1. The lowest BCUT2D eigenvalue weighted by Crippen LogP contribution is -2.34. The van der Waals surface area contributed by atoms with Crippen LogP contribution in [0.4, 0.5) is 0 Å². The van der Waals surface area contributed by atoms with Gasteiger partial charge in [-0.15, -0.1) is 0 Å². The number of hydrogen-bond donors (Lipinski definition) is 1. The Morgan fingerprint density at radius 3 is 2.65 bits per heavy atom. The number of amides is 1. The maximum atomic E-state index is 11.9. The first-order chi connectivity index (χ1) is 8.08. The lowest BCUT2D eigenvalue weighted by atomic mass is 10.1. The summed E-state index contributed by atoms with van der Waals surface area (Å²) in [6, 6.07) is 5.07. The van der Waals surface area contributed by atoms with Crippen molar-refractivity contribution in [3.63, 3.8) is 0 Å². The molecule has 0 spiro atoms. The number of nitrogens with zero attached hydrogens (tertiary/aromatic N) is 1. The molecule has 0 fully saturated rings. The molecule has 5 heteroatoms. The van der Waals surface area contributed by atoms with E-state index >= 15 is 0 Å². The smallest absolute Gasteiger partial charge is 0.227 e. The minimum atomic E-state index is -0.0502. The summed E-state index contributed by atoms with van der Waals surface area (Å²) in [5.41, 5.74) is 0.748. The first kappa shape index (κ1) is 14.3.